The van der Waals surface area contributed by atoms with E-state index >= 15 is 0 Å². The predicted molar refractivity (Wildman–Crippen MR) is 162 cm³/mol. The molecule has 0 spiro atoms. The molecule has 0 amide bonds. The van der Waals surface area contributed by atoms with Gasteiger partial charge in [-0.05, 0) is 52.9 Å². The molecule has 0 bridgehead atoms. The van der Waals surface area contributed by atoms with E-state index in [-0.39, 0.29) is 25.7 Å². The van der Waals surface area contributed by atoms with E-state index in [0.29, 0.717) is 0 Å². The van der Waals surface area contributed by atoms with Crippen LogP contribution in [0.15, 0.2) is 91.3 Å². The van der Waals surface area contributed by atoms with Gasteiger partial charge in [-0.2, -0.15) is 11.3 Å². The molecule has 3 aromatic carbocycles. The molecule has 193 valence electrons. The van der Waals surface area contributed by atoms with Gasteiger partial charge in [0.15, 0.2) is 0 Å². The monoisotopic (exact) mass is 710 g/mol. The second kappa shape index (κ2) is 11.8. The van der Waals surface area contributed by atoms with Crippen LogP contribution >= 0.6 is 11.3 Å². The largest absolute Gasteiger partial charge is 0.305 e. The summed E-state index contributed by atoms with van der Waals surface area (Å²) in [4.78, 5) is 8.69. The maximum atomic E-state index is 7.23. The molecule has 6 rings (SSSR count). The molecule has 0 aliphatic carbocycles. The van der Waals surface area contributed by atoms with Crippen LogP contribution in [0.2, 0.25) is 19.6 Å². The van der Waals surface area contributed by atoms with Crippen LogP contribution in [0.4, 0.5) is 0 Å². The van der Waals surface area contributed by atoms with Gasteiger partial charge in [-0.1, -0.05) is 66.1 Å². The topological polar surface area (TPSA) is 25.8 Å². The Morgan fingerprint density at radius 1 is 0.816 bits per heavy atom. The number of benzene rings is 3. The van der Waals surface area contributed by atoms with Crippen LogP contribution in [-0.4, -0.2) is 18.0 Å². The minimum Gasteiger partial charge on any atom is -0.305 e. The second-order valence-corrected chi connectivity index (χ2v) is 16.2. The van der Waals surface area contributed by atoms with Gasteiger partial charge in [-0.15, -0.1) is 59.7 Å². The Morgan fingerprint density at radius 2 is 1.68 bits per heavy atom. The zero-order valence-corrected chi connectivity index (χ0v) is 26.0. The summed E-state index contributed by atoms with van der Waals surface area (Å²) in [5.74, 6) is 0. The molecule has 3 aromatic heterocycles. The first kappa shape index (κ1) is 24.1. The number of hydrogen-bond acceptors (Lipinski definition) is 3. The molecule has 3 heterocycles. The summed E-state index contributed by atoms with van der Waals surface area (Å²) in [6.45, 7) is 7.22. The Kier molecular flexibility index (Phi) is 7.51. The van der Waals surface area contributed by atoms with Gasteiger partial charge in [-0.25, -0.2) is 0 Å². The number of aryl methyl sites for hydroxylation is 2. The predicted octanol–water partition coefficient (Wildman–Crippen LogP) is 8.63. The number of pyridine rings is 2. The number of rotatable bonds is 3. The maximum Gasteiger partial charge on any atom is 0.0776 e. The fourth-order valence-corrected chi connectivity index (χ4v) is 6.69. The summed E-state index contributed by atoms with van der Waals surface area (Å²) in [5, 5.41) is 4.18. The van der Waals surface area contributed by atoms with Crippen LogP contribution in [0, 0.1) is 25.9 Å². The molecule has 0 saturated carbocycles. The minimum absolute atomic E-state index is 0. The van der Waals surface area contributed by atoms with Gasteiger partial charge < -0.3 is 9.97 Å². The van der Waals surface area contributed by atoms with Crippen LogP contribution in [-0.2, 0) is 20.1 Å². The summed E-state index contributed by atoms with van der Waals surface area (Å²) < 4.78 is 24.4. The van der Waals surface area contributed by atoms with Crippen molar-refractivity contribution < 1.29 is 24.2 Å². The number of aromatic nitrogens is 2. The van der Waals surface area contributed by atoms with Crippen molar-refractivity contribution >= 4 is 44.8 Å². The SMILES string of the molecule is Cc1ccnc(-c2[c-]ccc3c2sc2cc([Si](C)(C)C)ccc23)c1.[2H]C([2H])([2H])c1ccc(-c2[c-]cccc2)nc1.[Ir]. The van der Waals surface area contributed by atoms with E-state index in [1.165, 1.54) is 37.1 Å². The molecule has 0 unspecified atom stereocenters. The number of nitrogens with zero attached hydrogens (tertiary/aromatic N) is 2. The van der Waals surface area contributed by atoms with E-state index in [4.69, 9.17) is 4.11 Å². The van der Waals surface area contributed by atoms with Crippen LogP contribution in [0.5, 0.6) is 0 Å². The van der Waals surface area contributed by atoms with E-state index in [9.17, 15) is 0 Å². The van der Waals surface area contributed by atoms with E-state index in [1.54, 1.807) is 18.2 Å². The zero-order chi connectivity index (χ0) is 28.5. The third-order valence-corrected chi connectivity index (χ3v) is 9.45. The molecule has 38 heavy (non-hydrogen) atoms. The van der Waals surface area contributed by atoms with Crippen LogP contribution < -0.4 is 5.19 Å². The Labute approximate surface area is 248 Å². The molecule has 5 heteroatoms. The van der Waals surface area contributed by atoms with Crippen molar-refractivity contribution in [1.82, 2.24) is 9.97 Å². The van der Waals surface area contributed by atoms with Gasteiger partial charge in [0.05, 0.1) is 8.07 Å². The van der Waals surface area contributed by atoms with Gasteiger partial charge in [0.1, 0.15) is 0 Å². The fraction of sp³-hybridized carbons (Fsp3) is 0.152. The van der Waals surface area contributed by atoms with Gasteiger partial charge in [0, 0.05) is 41.3 Å². The average Bonchev–Trinajstić information content (AvgIpc) is 3.31. The quantitative estimate of drug-likeness (QED) is 0.136. The van der Waals surface area contributed by atoms with Crippen LogP contribution in [0.3, 0.4) is 0 Å². The molecule has 6 aromatic rings. The Morgan fingerprint density at radius 3 is 2.37 bits per heavy atom. The number of thiophene rings is 1. The number of fused-ring (bicyclic) bond motifs is 3. The third kappa shape index (κ3) is 6.19. The van der Waals surface area contributed by atoms with Crippen LogP contribution in [0.1, 0.15) is 15.2 Å². The summed E-state index contributed by atoms with van der Waals surface area (Å²) in [6.07, 6.45) is 3.27. The first-order valence-electron chi connectivity index (χ1n) is 13.7. The summed E-state index contributed by atoms with van der Waals surface area (Å²) >= 11 is 1.87. The molecule has 0 saturated heterocycles. The molecule has 1 radical (unpaired) electrons. The first-order valence-corrected chi connectivity index (χ1v) is 16.6. The van der Waals surface area contributed by atoms with Crippen molar-refractivity contribution in [2.45, 2.75) is 33.4 Å². The van der Waals surface area contributed by atoms with Gasteiger partial charge >= 0.3 is 0 Å². The number of hydrogen-bond donors (Lipinski definition) is 0. The van der Waals surface area contributed by atoms with Crippen molar-refractivity contribution in [1.29, 1.82) is 0 Å². The Balaban J connectivity index is 0.000000200. The van der Waals surface area contributed by atoms with Crippen molar-refractivity contribution in [2.24, 2.45) is 0 Å². The second-order valence-electron chi connectivity index (χ2n) is 10.1. The molecule has 0 fully saturated rings. The Bertz CT molecular complexity index is 1780. The van der Waals surface area contributed by atoms with Gasteiger partial charge in [0.2, 0.25) is 0 Å². The first-order chi connectivity index (χ1) is 19.0. The molecule has 0 N–H and O–H groups in total. The van der Waals surface area contributed by atoms with Gasteiger partial charge in [-0.3, -0.25) is 0 Å². The standard InChI is InChI=1S/C21H20NSSi.C12H10N.Ir/c1-14-10-11-22-19(12-14)18-7-5-6-17-16-9-8-15(24(2,3)4)13-20(16)23-21(17)18;1-10-7-8-12(13-9-10)11-5-3-2-4-6-11;/h5-6,8-13H,1-4H3;2-5,7-9H,1H3;/q2*-1;/i;1D3;. The molecular formula is C33H30IrN2SSi-2. The summed E-state index contributed by atoms with van der Waals surface area (Å²) in [7, 11) is -1.30. The maximum absolute atomic E-state index is 7.23. The van der Waals surface area contributed by atoms with Gasteiger partial charge in [0.25, 0.3) is 0 Å². The molecule has 0 aliphatic rings. The van der Waals surface area contributed by atoms with E-state index < -0.39 is 14.9 Å². The molecule has 2 nitrogen and oxygen atoms in total. The van der Waals surface area contributed by atoms with Crippen molar-refractivity contribution in [2.75, 3.05) is 0 Å². The summed E-state index contributed by atoms with van der Waals surface area (Å²) in [5.41, 5.74) is 5.21. The zero-order valence-electron chi connectivity index (χ0n) is 24.8. The molecule has 0 aliphatic heterocycles. The smallest absolute Gasteiger partial charge is 0.0776 e. The van der Waals surface area contributed by atoms with E-state index in [0.717, 1.165) is 22.5 Å². The van der Waals surface area contributed by atoms with Crippen molar-refractivity contribution in [3.63, 3.8) is 0 Å². The molecular weight excluding hydrogens is 677 g/mol. The van der Waals surface area contributed by atoms with E-state index in [1.807, 2.05) is 47.9 Å². The third-order valence-electron chi connectivity index (χ3n) is 6.22. The summed E-state index contributed by atoms with van der Waals surface area (Å²) in [6, 6.07) is 32.6. The Hall–Kier alpha value is -2.95. The van der Waals surface area contributed by atoms with Crippen molar-refractivity contribution in [3.8, 4) is 22.5 Å². The van der Waals surface area contributed by atoms with Crippen LogP contribution in [0.25, 0.3) is 42.7 Å². The normalized spacial score (nSPS) is 12.6. The fourth-order valence-electron chi connectivity index (χ4n) is 4.18. The van der Waals surface area contributed by atoms with Crippen molar-refractivity contribution in [3.05, 3.63) is 115 Å². The average molecular weight is 710 g/mol. The molecule has 0 atom stereocenters. The minimum atomic E-state index is -2.09. The van der Waals surface area contributed by atoms with E-state index in [2.05, 4.69) is 79.0 Å².